The van der Waals surface area contributed by atoms with Crippen LogP contribution in [0.5, 0.6) is 5.75 Å². The first kappa shape index (κ1) is 24.0. The van der Waals surface area contributed by atoms with E-state index in [1.807, 2.05) is 45.0 Å². The quantitative estimate of drug-likeness (QED) is 0.583. The summed E-state index contributed by atoms with van der Waals surface area (Å²) in [4.78, 5) is 27.3. The summed E-state index contributed by atoms with van der Waals surface area (Å²) in [5.41, 5.74) is 1.63. The van der Waals surface area contributed by atoms with Crippen molar-refractivity contribution in [1.82, 2.24) is 10.2 Å². The molecule has 2 atom stereocenters. The molecular weight excluding hydrogens is 423 g/mol. The Bertz CT molecular complexity index is 889. The topological polar surface area (TPSA) is 58.6 Å². The van der Waals surface area contributed by atoms with Crippen molar-refractivity contribution in [2.75, 3.05) is 6.61 Å². The van der Waals surface area contributed by atoms with Crippen molar-refractivity contribution in [2.45, 2.75) is 52.7 Å². The molecule has 0 spiro atoms. The van der Waals surface area contributed by atoms with Gasteiger partial charge in [0.05, 0.1) is 0 Å². The molecule has 0 fully saturated rings. The maximum absolute atomic E-state index is 13.1. The number of benzene rings is 2. The summed E-state index contributed by atoms with van der Waals surface area (Å²) >= 11 is 12.3. The van der Waals surface area contributed by atoms with Crippen molar-refractivity contribution >= 4 is 35.0 Å². The third-order valence-corrected chi connectivity index (χ3v) is 5.56. The predicted molar refractivity (Wildman–Crippen MR) is 121 cm³/mol. The van der Waals surface area contributed by atoms with E-state index in [2.05, 4.69) is 5.32 Å². The van der Waals surface area contributed by atoms with Crippen LogP contribution in [0.3, 0.4) is 0 Å². The monoisotopic (exact) mass is 450 g/mol. The van der Waals surface area contributed by atoms with Crippen molar-refractivity contribution in [3.63, 3.8) is 0 Å². The van der Waals surface area contributed by atoms with Crippen LogP contribution in [0.15, 0.2) is 42.5 Å². The zero-order chi connectivity index (χ0) is 22.3. The predicted octanol–water partition coefficient (Wildman–Crippen LogP) is 5.01. The molecule has 2 rings (SSSR count). The fourth-order valence-corrected chi connectivity index (χ4v) is 3.29. The number of nitrogens with zero attached hydrogens (tertiary/aromatic N) is 1. The first-order chi connectivity index (χ1) is 14.2. The summed E-state index contributed by atoms with van der Waals surface area (Å²) in [6.45, 7) is 7.51. The minimum absolute atomic E-state index is 0.0132. The molecule has 0 saturated heterocycles. The number of ether oxygens (including phenoxy) is 1. The fourth-order valence-electron chi connectivity index (χ4n) is 2.82. The van der Waals surface area contributed by atoms with Crippen LogP contribution in [0.1, 0.15) is 38.3 Å². The zero-order valence-corrected chi connectivity index (χ0v) is 19.3. The molecule has 0 aliphatic carbocycles. The van der Waals surface area contributed by atoms with Gasteiger partial charge in [0, 0.05) is 22.6 Å². The van der Waals surface area contributed by atoms with Gasteiger partial charge in [0.25, 0.3) is 5.91 Å². The molecule has 2 aromatic carbocycles. The Hall–Kier alpha value is -2.24. The number of amides is 2. The molecule has 0 aliphatic rings. The van der Waals surface area contributed by atoms with E-state index >= 15 is 0 Å². The maximum atomic E-state index is 13.1. The third-order valence-electron chi connectivity index (χ3n) is 4.97. The molecule has 1 N–H and O–H groups in total. The molecule has 0 unspecified atom stereocenters. The maximum Gasteiger partial charge on any atom is 0.261 e. The summed E-state index contributed by atoms with van der Waals surface area (Å²) in [5.74, 6) is 0.0989. The molecule has 7 heteroatoms. The number of rotatable bonds is 9. The Labute approximate surface area is 188 Å². The molecule has 0 bridgehead atoms. The first-order valence-electron chi connectivity index (χ1n) is 9.95. The average molecular weight is 451 g/mol. The molecule has 0 aliphatic heterocycles. The minimum Gasteiger partial charge on any atom is -0.484 e. The third kappa shape index (κ3) is 6.64. The van der Waals surface area contributed by atoms with E-state index in [1.165, 1.54) is 4.90 Å². The Morgan fingerprint density at radius 3 is 2.47 bits per heavy atom. The molecule has 0 saturated carbocycles. The Balaban J connectivity index is 2.21. The highest BCUT2D eigenvalue weighted by atomic mass is 35.5. The molecule has 2 amide bonds. The number of carbonyl (C=O) groups is 2. The van der Waals surface area contributed by atoms with Crippen molar-refractivity contribution in [1.29, 1.82) is 0 Å². The van der Waals surface area contributed by atoms with Crippen LogP contribution in [0, 0.1) is 6.92 Å². The van der Waals surface area contributed by atoms with Gasteiger partial charge in [-0.15, -0.1) is 0 Å². The Morgan fingerprint density at radius 1 is 1.13 bits per heavy atom. The van der Waals surface area contributed by atoms with Crippen molar-refractivity contribution in [3.8, 4) is 5.75 Å². The second-order valence-electron chi connectivity index (χ2n) is 7.31. The number of aryl methyl sites for hydroxylation is 1. The van der Waals surface area contributed by atoms with Gasteiger partial charge >= 0.3 is 0 Å². The first-order valence-corrected chi connectivity index (χ1v) is 10.7. The van der Waals surface area contributed by atoms with Crippen LogP contribution >= 0.6 is 23.2 Å². The molecular formula is C23H28Cl2N2O3. The number of hydrogen-bond donors (Lipinski definition) is 1. The van der Waals surface area contributed by atoms with E-state index in [-0.39, 0.29) is 31.0 Å². The lowest BCUT2D eigenvalue weighted by molar-refractivity contribution is -0.142. The smallest absolute Gasteiger partial charge is 0.261 e. The van der Waals surface area contributed by atoms with Gasteiger partial charge in [0.2, 0.25) is 5.91 Å². The number of para-hydroxylation sites is 1. The lowest BCUT2D eigenvalue weighted by atomic mass is 10.1. The number of hydrogen-bond acceptors (Lipinski definition) is 3. The number of nitrogens with one attached hydrogen (secondary N) is 1. The van der Waals surface area contributed by atoms with E-state index in [1.54, 1.807) is 25.1 Å². The van der Waals surface area contributed by atoms with Crippen molar-refractivity contribution in [2.24, 2.45) is 0 Å². The zero-order valence-electron chi connectivity index (χ0n) is 17.7. The van der Waals surface area contributed by atoms with E-state index in [0.717, 1.165) is 12.0 Å². The Kier molecular flexibility index (Phi) is 9.00. The normalized spacial score (nSPS) is 12.7. The highest BCUT2D eigenvalue weighted by Crippen LogP contribution is 2.23. The lowest BCUT2D eigenvalue weighted by Crippen LogP contribution is -2.50. The summed E-state index contributed by atoms with van der Waals surface area (Å²) in [6.07, 6.45) is 0.797. The highest BCUT2D eigenvalue weighted by molar-refractivity contribution is 6.35. The van der Waals surface area contributed by atoms with Crippen LogP contribution < -0.4 is 10.1 Å². The van der Waals surface area contributed by atoms with Gasteiger partial charge in [0.15, 0.2) is 6.61 Å². The van der Waals surface area contributed by atoms with E-state index in [9.17, 15) is 9.59 Å². The summed E-state index contributed by atoms with van der Waals surface area (Å²) in [6, 6.07) is 11.9. The molecule has 30 heavy (non-hydrogen) atoms. The molecule has 0 radical (unpaired) electrons. The second-order valence-corrected chi connectivity index (χ2v) is 8.15. The van der Waals surface area contributed by atoms with Gasteiger partial charge in [-0.2, -0.15) is 0 Å². The van der Waals surface area contributed by atoms with E-state index in [0.29, 0.717) is 21.4 Å². The van der Waals surface area contributed by atoms with E-state index < -0.39 is 6.04 Å². The highest BCUT2D eigenvalue weighted by Gasteiger charge is 2.27. The lowest BCUT2D eigenvalue weighted by Gasteiger charge is -2.30. The fraction of sp³-hybridized carbons (Fsp3) is 0.391. The van der Waals surface area contributed by atoms with Gasteiger partial charge in [-0.25, -0.2) is 0 Å². The summed E-state index contributed by atoms with van der Waals surface area (Å²) < 4.78 is 5.72. The van der Waals surface area contributed by atoms with Crippen LogP contribution in [0.4, 0.5) is 0 Å². The van der Waals surface area contributed by atoms with Crippen molar-refractivity contribution < 1.29 is 14.3 Å². The number of halogens is 2. The molecule has 0 aromatic heterocycles. The van der Waals surface area contributed by atoms with Crippen molar-refractivity contribution in [3.05, 3.63) is 63.6 Å². The van der Waals surface area contributed by atoms with Gasteiger partial charge in [0.1, 0.15) is 11.8 Å². The van der Waals surface area contributed by atoms with Gasteiger partial charge < -0.3 is 15.0 Å². The van der Waals surface area contributed by atoms with Crippen LogP contribution in [-0.4, -0.2) is 35.4 Å². The van der Waals surface area contributed by atoms with Gasteiger partial charge in [-0.3, -0.25) is 9.59 Å². The van der Waals surface area contributed by atoms with E-state index in [4.69, 9.17) is 27.9 Å². The largest absolute Gasteiger partial charge is 0.484 e. The van der Waals surface area contributed by atoms with Gasteiger partial charge in [-0.1, -0.05) is 54.4 Å². The summed E-state index contributed by atoms with van der Waals surface area (Å²) in [5, 5.41) is 3.88. The van der Waals surface area contributed by atoms with Gasteiger partial charge in [-0.05, 0) is 56.5 Å². The number of carbonyl (C=O) groups excluding carboxylic acids is 2. The minimum atomic E-state index is -0.696. The molecule has 5 nitrogen and oxygen atoms in total. The van der Waals surface area contributed by atoms with Crippen LogP contribution in [-0.2, 0) is 16.1 Å². The Morgan fingerprint density at radius 2 is 1.83 bits per heavy atom. The standard InChI is InChI=1S/C23H28Cl2N2O3/c1-5-16(3)26-23(29)17(4)27(13-18-10-11-19(24)12-20(18)25)22(28)14-30-21-9-7-6-8-15(21)2/h6-12,16-17H,5,13-14H2,1-4H3,(H,26,29)/t16-,17+/m1/s1. The SMILES string of the molecule is CC[C@@H](C)NC(=O)[C@H](C)N(Cc1ccc(Cl)cc1Cl)C(=O)COc1ccccc1C. The summed E-state index contributed by atoms with van der Waals surface area (Å²) in [7, 11) is 0. The molecule has 0 heterocycles. The second kappa shape index (κ2) is 11.2. The van der Waals surface area contributed by atoms with Crippen LogP contribution in [0.2, 0.25) is 10.0 Å². The average Bonchev–Trinajstić information content (AvgIpc) is 2.71. The molecule has 162 valence electrons. The van der Waals surface area contributed by atoms with Crippen LogP contribution in [0.25, 0.3) is 0 Å². The molecule has 2 aromatic rings.